The molecule has 0 aliphatic carbocycles. The number of nitrogens with zero attached hydrogens (tertiary/aromatic N) is 2. The molecule has 0 atom stereocenters. The number of nitrogens with one attached hydrogen (secondary N) is 1. The van der Waals surface area contributed by atoms with Crippen LogP contribution in [0.5, 0.6) is 0 Å². The average Bonchev–Trinajstić information content (AvgIpc) is 2.68. The smallest absolute Gasteiger partial charge is 0.279 e. The first kappa shape index (κ1) is 10.2. The summed E-state index contributed by atoms with van der Waals surface area (Å²) >= 11 is 0. The quantitative estimate of drug-likeness (QED) is 0.790. The van der Waals surface area contributed by atoms with Gasteiger partial charge in [-0.05, 0) is 19.1 Å². The maximum absolute atomic E-state index is 11.7. The first-order valence-electron chi connectivity index (χ1n) is 4.62. The molecular formula is C10H10N4O2. The van der Waals surface area contributed by atoms with Gasteiger partial charge in [-0.2, -0.15) is 0 Å². The van der Waals surface area contributed by atoms with Crippen LogP contribution < -0.4 is 11.1 Å². The Kier molecular flexibility index (Phi) is 2.55. The lowest BCUT2D eigenvalue weighted by atomic mass is 10.3. The molecule has 0 fully saturated rings. The van der Waals surface area contributed by atoms with Crippen molar-refractivity contribution in [1.29, 1.82) is 0 Å². The fourth-order valence-corrected chi connectivity index (χ4v) is 1.17. The van der Waals surface area contributed by atoms with Gasteiger partial charge in [0, 0.05) is 12.3 Å². The molecule has 0 unspecified atom stereocenters. The Bertz CT molecular complexity index is 521. The largest absolute Gasteiger partial charge is 0.396 e. The van der Waals surface area contributed by atoms with Crippen molar-refractivity contribution in [3.63, 3.8) is 0 Å². The van der Waals surface area contributed by atoms with Gasteiger partial charge in [0.2, 0.25) is 0 Å². The number of pyridine rings is 1. The highest BCUT2D eigenvalue weighted by atomic mass is 16.5. The summed E-state index contributed by atoms with van der Waals surface area (Å²) < 4.78 is 4.79. The van der Waals surface area contributed by atoms with E-state index in [0.717, 1.165) is 0 Å². The minimum Gasteiger partial charge on any atom is -0.396 e. The van der Waals surface area contributed by atoms with Gasteiger partial charge in [-0.25, -0.2) is 4.98 Å². The number of anilines is 2. The number of carbonyl (C=O) groups excluding carboxylic acids is 1. The summed E-state index contributed by atoms with van der Waals surface area (Å²) in [5.41, 5.74) is 6.23. The van der Waals surface area contributed by atoms with Crippen LogP contribution in [-0.4, -0.2) is 16.0 Å². The first-order valence-corrected chi connectivity index (χ1v) is 4.62. The SMILES string of the molecule is Cc1cc(C(=O)Nc2ncccc2N)no1. The lowest BCUT2D eigenvalue weighted by molar-refractivity contribution is 0.101. The standard InChI is InChI=1S/C10H10N4O2/c1-6-5-8(14-16-6)10(15)13-9-7(11)3-2-4-12-9/h2-5H,11H2,1H3,(H,12,13,15). The van der Waals surface area contributed by atoms with Crippen molar-refractivity contribution in [2.24, 2.45) is 0 Å². The van der Waals surface area contributed by atoms with E-state index in [4.69, 9.17) is 10.3 Å². The zero-order valence-corrected chi connectivity index (χ0v) is 8.60. The molecule has 0 aliphatic heterocycles. The van der Waals surface area contributed by atoms with E-state index in [1.807, 2.05) is 0 Å². The van der Waals surface area contributed by atoms with Crippen LogP contribution in [0.15, 0.2) is 28.9 Å². The average molecular weight is 218 g/mol. The van der Waals surface area contributed by atoms with E-state index < -0.39 is 5.91 Å². The van der Waals surface area contributed by atoms with Crippen LogP contribution in [0.2, 0.25) is 0 Å². The second-order valence-electron chi connectivity index (χ2n) is 3.22. The summed E-state index contributed by atoms with van der Waals surface area (Å²) in [6, 6.07) is 4.87. The molecule has 2 heterocycles. The highest BCUT2D eigenvalue weighted by molar-refractivity contribution is 6.03. The van der Waals surface area contributed by atoms with Crippen molar-refractivity contribution in [1.82, 2.24) is 10.1 Å². The summed E-state index contributed by atoms with van der Waals surface area (Å²) in [5, 5.41) is 6.13. The number of aryl methyl sites for hydroxylation is 1. The van der Waals surface area contributed by atoms with Gasteiger partial charge in [0.15, 0.2) is 11.5 Å². The summed E-state index contributed by atoms with van der Waals surface area (Å²) in [6.45, 7) is 1.71. The molecule has 1 amide bonds. The molecule has 0 bridgehead atoms. The zero-order valence-electron chi connectivity index (χ0n) is 8.60. The van der Waals surface area contributed by atoms with E-state index >= 15 is 0 Å². The van der Waals surface area contributed by atoms with Crippen molar-refractivity contribution < 1.29 is 9.32 Å². The molecular weight excluding hydrogens is 208 g/mol. The molecule has 82 valence electrons. The molecule has 0 saturated heterocycles. The molecule has 0 saturated carbocycles. The molecule has 2 rings (SSSR count). The van der Waals surface area contributed by atoms with E-state index in [-0.39, 0.29) is 5.69 Å². The van der Waals surface area contributed by atoms with Gasteiger partial charge in [0.25, 0.3) is 5.91 Å². The molecule has 6 heteroatoms. The maximum atomic E-state index is 11.7. The lowest BCUT2D eigenvalue weighted by Crippen LogP contribution is -2.14. The lowest BCUT2D eigenvalue weighted by Gasteiger charge is -2.03. The monoisotopic (exact) mass is 218 g/mol. The maximum Gasteiger partial charge on any atom is 0.279 e. The molecule has 6 nitrogen and oxygen atoms in total. The van der Waals surface area contributed by atoms with Crippen LogP contribution in [0.1, 0.15) is 16.2 Å². The molecule has 0 aliphatic rings. The van der Waals surface area contributed by atoms with Gasteiger partial charge in [0.1, 0.15) is 5.76 Å². The zero-order chi connectivity index (χ0) is 11.5. The number of hydrogen-bond donors (Lipinski definition) is 2. The van der Waals surface area contributed by atoms with Gasteiger partial charge in [0.05, 0.1) is 5.69 Å². The molecule has 0 radical (unpaired) electrons. The van der Waals surface area contributed by atoms with Crippen molar-refractivity contribution in [3.8, 4) is 0 Å². The van der Waals surface area contributed by atoms with Gasteiger partial charge < -0.3 is 15.6 Å². The number of nitrogens with two attached hydrogens (primary N) is 1. The Morgan fingerprint density at radius 3 is 3.00 bits per heavy atom. The predicted octanol–water partition coefficient (Wildman–Crippen LogP) is 1.21. The van der Waals surface area contributed by atoms with Crippen molar-refractivity contribution >= 4 is 17.4 Å². The molecule has 0 spiro atoms. The Hall–Kier alpha value is -2.37. The summed E-state index contributed by atoms with van der Waals surface area (Å²) in [5.74, 6) is 0.481. The second kappa shape index (κ2) is 4.01. The van der Waals surface area contributed by atoms with Crippen molar-refractivity contribution in [2.75, 3.05) is 11.1 Å². The van der Waals surface area contributed by atoms with Crippen LogP contribution in [-0.2, 0) is 0 Å². The summed E-state index contributed by atoms with van der Waals surface area (Å²) in [4.78, 5) is 15.6. The highest BCUT2D eigenvalue weighted by Gasteiger charge is 2.12. The molecule has 0 aromatic carbocycles. The molecule has 3 N–H and O–H groups in total. The van der Waals surface area contributed by atoms with Crippen LogP contribution in [0.4, 0.5) is 11.5 Å². The van der Waals surface area contributed by atoms with Crippen LogP contribution >= 0.6 is 0 Å². The summed E-state index contributed by atoms with van der Waals surface area (Å²) in [6.07, 6.45) is 1.54. The van der Waals surface area contributed by atoms with Gasteiger partial charge in [-0.15, -0.1) is 0 Å². The topological polar surface area (TPSA) is 94.0 Å². The molecule has 16 heavy (non-hydrogen) atoms. The van der Waals surface area contributed by atoms with Crippen LogP contribution in [0, 0.1) is 6.92 Å². The van der Waals surface area contributed by atoms with Gasteiger partial charge in [-0.1, -0.05) is 5.16 Å². The third-order valence-electron chi connectivity index (χ3n) is 1.93. The van der Waals surface area contributed by atoms with Crippen LogP contribution in [0.25, 0.3) is 0 Å². The van der Waals surface area contributed by atoms with Gasteiger partial charge >= 0.3 is 0 Å². The minimum atomic E-state index is -0.401. The number of amides is 1. The van der Waals surface area contributed by atoms with Crippen molar-refractivity contribution in [3.05, 3.63) is 35.9 Å². The Morgan fingerprint density at radius 2 is 2.38 bits per heavy atom. The van der Waals surface area contributed by atoms with E-state index in [0.29, 0.717) is 17.3 Å². The van der Waals surface area contributed by atoms with Gasteiger partial charge in [-0.3, -0.25) is 4.79 Å². The van der Waals surface area contributed by atoms with E-state index in [1.165, 1.54) is 6.07 Å². The van der Waals surface area contributed by atoms with Crippen LogP contribution in [0.3, 0.4) is 0 Å². The third-order valence-corrected chi connectivity index (χ3v) is 1.93. The Labute approximate surface area is 91.5 Å². The number of nitrogen functional groups attached to an aromatic ring is 1. The van der Waals surface area contributed by atoms with E-state index in [2.05, 4.69) is 15.5 Å². The Balaban J connectivity index is 2.17. The number of aromatic nitrogens is 2. The number of hydrogen-bond acceptors (Lipinski definition) is 5. The second-order valence-corrected chi connectivity index (χ2v) is 3.22. The van der Waals surface area contributed by atoms with E-state index in [9.17, 15) is 4.79 Å². The fourth-order valence-electron chi connectivity index (χ4n) is 1.17. The fraction of sp³-hybridized carbons (Fsp3) is 0.100. The Morgan fingerprint density at radius 1 is 1.56 bits per heavy atom. The normalized spacial score (nSPS) is 10.1. The molecule has 2 aromatic rings. The highest BCUT2D eigenvalue weighted by Crippen LogP contribution is 2.14. The predicted molar refractivity (Wildman–Crippen MR) is 57.8 cm³/mol. The minimum absolute atomic E-state index is 0.197. The van der Waals surface area contributed by atoms with E-state index in [1.54, 1.807) is 25.3 Å². The number of rotatable bonds is 2. The third kappa shape index (κ3) is 2.00. The summed E-state index contributed by atoms with van der Waals surface area (Å²) in [7, 11) is 0. The first-order chi connectivity index (χ1) is 7.66. The number of carbonyl (C=O) groups is 1. The van der Waals surface area contributed by atoms with Crippen molar-refractivity contribution in [2.45, 2.75) is 6.92 Å². The molecule has 2 aromatic heterocycles.